The summed E-state index contributed by atoms with van der Waals surface area (Å²) in [5.74, 6) is -3.62. The molecule has 0 spiro atoms. The summed E-state index contributed by atoms with van der Waals surface area (Å²) >= 11 is 0. The standard InChI is InChI=1S/C22H19NO6/c1-3-28-22(27)17(13(2)24)19-18(14-9-5-4-6-10-14)23-20(29-19)15-11-7-8-12-16(15)21(25)26/h4-12,17H,3H2,1-2H3,(H,25,26). The lowest BCUT2D eigenvalue weighted by Crippen LogP contribution is -2.22. The van der Waals surface area contributed by atoms with Crippen molar-refractivity contribution in [2.75, 3.05) is 6.61 Å². The minimum atomic E-state index is -1.30. The van der Waals surface area contributed by atoms with Crippen molar-refractivity contribution < 1.29 is 28.6 Å². The van der Waals surface area contributed by atoms with Gasteiger partial charge in [-0.3, -0.25) is 9.59 Å². The molecule has 3 aromatic rings. The third-order valence-corrected chi connectivity index (χ3v) is 4.28. The Kier molecular flexibility index (Phi) is 5.87. The van der Waals surface area contributed by atoms with Gasteiger partial charge in [-0.25, -0.2) is 9.78 Å². The number of ether oxygens (including phenoxy) is 1. The number of esters is 1. The SMILES string of the molecule is CCOC(=O)C(C(C)=O)c1oc(-c2ccccc2C(=O)O)nc1-c1ccccc1. The lowest BCUT2D eigenvalue weighted by molar-refractivity contribution is -0.147. The summed E-state index contributed by atoms with van der Waals surface area (Å²) in [6.45, 7) is 3.01. The van der Waals surface area contributed by atoms with Gasteiger partial charge in [0.2, 0.25) is 5.89 Å². The Hall–Kier alpha value is -3.74. The van der Waals surface area contributed by atoms with Crippen LogP contribution in [0.4, 0.5) is 0 Å². The third-order valence-electron chi connectivity index (χ3n) is 4.28. The van der Waals surface area contributed by atoms with Gasteiger partial charge in [-0.1, -0.05) is 42.5 Å². The highest BCUT2D eigenvalue weighted by Crippen LogP contribution is 2.35. The van der Waals surface area contributed by atoms with Crippen molar-refractivity contribution in [1.82, 2.24) is 4.98 Å². The van der Waals surface area contributed by atoms with Crippen LogP contribution in [-0.2, 0) is 14.3 Å². The van der Waals surface area contributed by atoms with E-state index in [4.69, 9.17) is 9.15 Å². The van der Waals surface area contributed by atoms with Crippen molar-refractivity contribution in [3.05, 3.63) is 65.9 Å². The van der Waals surface area contributed by atoms with Crippen LogP contribution < -0.4 is 0 Å². The Bertz CT molecular complexity index is 1050. The first kappa shape index (κ1) is 20.0. The second-order valence-corrected chi connectivity index (χ2v) is 6.24. The average Bonchev–Trinajstić information content (AvgIpc) is 3.13. The maximum atomic E-state index is 12.5. The molecule has 0 saturated carbocycles. The van der Waals surface area contributed by atoms with Gasteiger partial charge in [0.15, 0.2) is 17.5 Å². The van der Waals surface area contributed by atoms with Gasteiger partial charge in [0.1, 0.15) is 5.69 Å². The van der Waals surface area contributed by atoms with E-state index in [2.05, 4.69) is 4.98 Å². The number of hydrogen-bond donors (Lipinski definition) is 1. The van der Waals surface area contributed by atoms with Gasteiger partial charge in [-0.05, 0) is 26.0 Å². The van der Waals surface area contributed by atoms with E-state index in [9.17, 15) is 19.5 Å². The van der Waals surface area contributed by atoms with Crippen molar-refractivity contribution in [1.29, 1.82) is 0 Å². The van der Waals surface area contributed by atoms with Crippen LogP contribution in [0.25, 0.3) is 22.7 Å². The average molecular weight is 393 g/mol. The topological polar surface area (TPSA) is 107 Å². The van der Waals surface area contributed by atoms with Gasteiger partial charge in [0.05, 0.1) is 17.7 Å². The van der Waals surface area contributed by atoms with E-state index in [1.807, 2.05) is 6.07 Å². The molecule has 0 saturated heterocycles. The molecule has 7 nitrogen and oxygen atoms in total. The van der Waals surface area contributed by atoms with E-state index >= 15 is 0 Å². The van der Waals surface area contributed by atoms with Gasteiger partial charge in [-0.2, -0.15) is 0 Å². The smallest absolute Gasteiger partial charge is 0.336 e. The highest BCUT2D eigenvalue weighted by Gasteiger charge is 2.35. The number of rotatable bonds is 7. The van der Waals surface area contributed by atoms with Crippen molar-refractivity contribution in [3.8, 4) is 22.7 Å². The Morgan fingerprint density at radius 2 is 1.72 bits per heavy atom. The molecule has 0 aliphatic carbocycles. The number of carboxylic acid groups (broad SMARTS) is 1. The number of carbonyl (C=O) groups is 3. The van der Waals surface area contributed by atoms with Crippen LogP contribution in [0.2, 0.25) is 0 Å². The highest BCUT2D eigenvalue weighted by atomic mass is 16.5. The summed E-state index contributed by atoms with van der Waals surface area (Å²) < 4.78 is 10.9. The van der Waals surface area contributed by atoms with Crippen LogP contribution in [0.1, 0.15) is 35.9 Å². The van der Waals surface area contributed by atoms with Crippen molar-refractivity contribution in [2.45, 2.75) is 19.8 Å². The summed E-state index contributed by atoms with van der Waals surface area (Å²) in [5, 5.41) is 9.48. The summed E-state index contributed by atoms with van der Waals surface area (Å²) in [5.41, 5.74) is 1.15. The number of Topliss-reactive ketones (excluding diaryl/α,β-unsaturated/α-hetero) is 1. The highest BCUT2D eigenvalue weighted by molar-refractivity contribution is 6.04. The predicted molar refractivity (Wildman–Crippen MR) is 104 cm³/mol. The van der Waals surface area contributed by atoms with E-state index < -0.39 is 23.6 Å². The lowest BCUT2D eigenvalue weighted by atomic mass is 9.98. The molecule has 0 radical (unpaired) electrons. The molecule has 1 aromatic heterocycles. The number of nitrogens with zero attached hydrogens (tertiary/aromatic N) is 1. The minimum Gasteiger partial charge on any atom is -0.478 e. The van der Waals surface area contributed by atoms with Crippen LogP contribution in [0.15, 0.2) is 59.0 Å². The first-order chi connectivity index (χ1) is 13.9. The lowest BCUT2D eigenvalue weighted by Gasteiger charge is -2.11. The Morgan fingerprint density at radius 1 is 1.07 bits per heavy atom. The Labute approximate surface area is 167 Å². The molecule has 1 atom stereocenters. The number of aromatic carboxylic acids is 1. The molecule has 1 unspecified atom stereocenters. The second-order valence-electron chi connectivity index (χ2n) is 6.24. The predicted octanol–water partition coefficient (Wildman–Crippen LogP) is 3.94. The quantitative estimate of drug-likeness (QED) is 0.478. The van der Waals surface area contributed by atoms with Crippen LogP contribution >= 0.6 is 0 Å². The number of hydrogen-bond acceptors (Lipinski definition) is 6. The number of aromatic nitrogens is 1. The third kappa shape index (κ3) is 4.08. The zero-order valence-corrected chi connectivity index (χ0v) is 15.9. The summed E-state index contributed by atoms with van der Waals surface area (Å²) in [6.07, 6.45) is 0. The molecule has 0 aliphatic rings. The molecule has 148 valence electrons. The first-order valence-electron chi connectivity index (χ1n) is 9.00. The fourth-order valence-electron chi connectivity index (χ4n) is 2.98. The molecule has 1 heterocycles. The van der Waals surface area contributed by atoms with Gasteiger partial charge in [0, 0.05) is 5.56 Å². The second kappa shape index (κ2) is 8.52. The first-order valence-corrected chi connectivity index (χ1v) is 9.00. The fraction of sp³-hybridized carbons (Fsp3) is 0.182. The summed E-state index contributed by atoms with van der Waals surface area (Å²) in [6, 6.07) is 15.1. The number of carbonyl (C=O) groups excluding carboxylic acids is 2. The molecule has 0 amide bonds. The molecule has 3 rings (SSSR count). The summed E-state index contributed by atoms with van der Waals surface area (Å²) in [4.78, 5) is 40.8. The molecular formula is C22H19NO6. The molecule has 0 aliphatic heterocycles. The minimum absolute atomic E-state index is 0.00424. The fourth-order valence-corrected chi connectivity index (χ4v) is 2.98. The van der Waals surface area contributed by atoms with Crippen LogP contribution in [-0.4, -0.2) is 34.4 Å². The van der Waals surface area contributed by atoms with E-state index in [1.165, 1.54) is 13.0 Å². The van der Waals surface area contributed by atoms with Crippen LogP contribution in [0.5, 0.6) is 0 Å². The molecule has 1 N–H and O–H groups in total. The van der Waals surface area contributed by atoms with E-state index in [0.717, 1.165) is 0 Å². The molecular weight excluding hydrogens is 374 g/mol. The summed E-state index contributed by atoms with van der Waals surface area (Å²) in [7, 11) is 0. The molecule has 29 heavy (non-hydrogen) atoms. The monoisotopic (exact) mass is 393 g/mol. The Morgan fingerprint density at radius 3 is 2.34 bits per heavy atom. The molecule has 0 bridgehead atoms. The number of ketones is 1. The van der Waals surface area contributed by atoms with Gasteiger partial charge < -0.3 is 14.3 Å². The maximum absolute atomic E-state index is 12.5. The van der Waals surface area contributed by atoms with E-state index in [-0.39, 0.29) is 35.1 Å². The van der Waals surface area contributed by atoms with E-state index in [0.29, 0.717) is 5.56 Å². The van der Waals surface area contributed by atoms with Gasteiger partial charge >= 0.3 is 11.9 Å². The maximum Gasteiger partial charge on any atom is 0.336 e. The van der Waals surface area contributed by atoms with Crippen LogP contribution in [0, 0.1) is 0 Å². The Balaban J connectivity index is 2.24. The number of oxazole rings is 1. The number of benzene rings is 2. The largest absolute Gasteiger partial charge is 0.478 e. The van der Waals surface area contributed by atoms with Crippen molar-refractivity contribution >= 4 is 17.7 Å². The van der Waals surface area contributed by atoms with Crippen molar-refractivity contribution in [3.63, 3.8) is 0 Å². The van der Waals surface area contributed by atoms with Gasteiger partial charge in [-0.15, -0.1) is 0 Å². The van der Waals surface area contributed by atoms with Crippen molar-refractivity contribution in [2.24, 2.45) is 0 Å². The van der Waals surface area contributed by atoms with E-state index in [1.54, 1.807) is 49.4 Å². The van der Waals surface area contributed by atoms with Crippen LogP contribution in [0.3, 0.4) is 0 Å². The van der Waals surface area contributed by atoms with Gasteiger partial charge in [0.25, 0.3) is 0 Å². The number of carboxylic acids is 1. The zero-order chi connectivity index (χ0) is 21.0. The molecule has 0 fully saturated rings. The molecule has 2 aromatic carbocycles. The molecule has 7 heteroatoms. The normalized spacial score (nSPS) is 11.7. The zero-order valence-electron chi connectivity index (χ0n) is 15.9.